The number of nitrogens with zero attached hydrogens (tertiary/aromatic N) is 2. The van der Waals surface area contributed by atoms with Crippen molar-refractivity contribution in [3.05, 3.63) is 100 Å². The van der Waals surface area contributed by atoms with Crippen molar-refractivity contribution >= 4 is 35.3 Å². The third kappa shape index (κ3) is 7.55. The number of carbonyl (C=O) groups is 3. The number of carboxylic acids is 1. The lowest BCUT2D eigenvalue weighted by atomic mass is 9.91. The minimum Gasteiger partial charge on any atom is -0.479 e. The maximum atomic E-state index is 13.1. The third-order valence-corrected chi connectivity index (χ3v) is 7.41. The lowest BCUT2D eigenvalue weighted by Crippen LogP contribution is -2.49. The summed E-state index contributed by atoms with van der Waals surface area (Å²) < 4.78 is 48.4. The minimum atomic E-state index is -4.91. The number of carbonyl (C=O) groups excluding carboxylic acids is 2. The van der Waals surface area contributed by atoms with Crippen LogP contribution in [0.25, 0.3) is 11.3 Å². The molecule has 2 atom stereocenters. The van der Waals surface area contributed by atoms with Crippen LogP contribution >= 0.6 is 11.6 Å². The zero-order chi connectivity index (χ0) is 33.1. The summed E-state index contributed by atoms with van der Waals surface area (Å²) in [5.74, 6) is -2.73. The number of benzene rings is 3. The standard InChI is InChI=1S/C31H28ClF3N4O6/c1-17-25(36-29(43)44-18(2)23-7-5-6-8-24(23)32)26(38-39(17)4)19-9-11-20(12-10-19)27(40)37-30(3,28(41)42)21-13-15-22(16-14-21)45-31(33,34)35/h5-16,18H,1-4H3,(H,36,43)(H,37,40)(H,41,42). The number of ether oxygens (including phenoxy) is 2. The Morgan fingerprint density at radius 3 is 2.20 bits per heavy atom. The lowest BCUT2D eigenvalue weighted by Gasteiger charge is -2.27. The number of aromatic nitrogens is 2. The number of amides is 2. The predicted octanol–water partition coefficient (Wildman–Crippen LogP) is 6.99. The summed E-state index contributed by atoms with van der Waals surface area (Å²) in [5, 5.41) is 20.0. The van der Waals surface area contributed by atoms with Gasteiger partial charge in [0.25, 0.3) is 5.91 Å². The SMILES string of the molecule is Cc1c(NC(=O)OC(C)c2ccccc2Cl)c(-c2ccc(C(=O)NC(C)(C(=O)O)c3ccc(OC(F)(F)F)cc3)cc2)nn1C. The van der Waals surface area contributed by atoms with Crippen LogP contribution < -0.4 is 15.4 Å². The molecule has 14 heteroatoms. The molecule has 4 aromatic rings. The Morgan fingerprint density at radius 2 is 1.62 bits per heavy atom. The molecular weight excluding hydrogens is 617 g/mol. The van der Waals surface area contributed by atoms with E-state index in [0.29, 0.717) is 33.2 Å². The maximum absolute atomic E-state index is 13.1. The number of rotatable bonds is 9. The van der Waals surface area contributed by atoms with Crippen LogP contribution in [-0.4, -0.2) is 39.2 Å². The zero-order valence-electron chi connectivity index (χ0n) is 24.4. The molecule has 10 nitrogen and oxygen atoms in total. The lowest BCUT2D eigenvalue weighted by molar-refractivity contribution is -0.274. The van der Waals surface area contributed by atoms with Gasteiger partial charge >= 0.3 is 18.4 Å². The summed E-state index contributed by atoms with van der Waals surface area (Å²) in [6, 6.07) is 17.2. The summed E-state index contributed by atoms with van der Waals surface area (Å²) in [7, 11) is 1.69. The summed E-state index contributed by atoms with van der Waals surface area (Å²) in [6.07, 6.45) is -6.29. The molecule has 236 valence electrons. The van der Waals surface area contributed by atoms with Gasteiger partial charge in [0.15, 0.2) is 5.54 Å². The first-order valence-electron chi connectivity index (χ1n) is 13.4. The fraction of sp³-hybridized carbons (Fsp3) is 0.226. The molecule has 0 saturated carbocycles. The monoisotopic (exact) mass is 644 g/mol. The molecule has 0 saturated heterocycles. The Kier molecular flexibility index (Phi) is 9.42. The van der Waals surface area contributed by atoms with E-state index in [9.17, 15) is 32.7 Å². The average molecular weight is 645 g/mol. The normalized spacial score (nSPS) is 13.3. The molecule has 1 aromatic heterocycles. The molecule has 4 rings (SSSR count). The Labute approximate surface area is 260 Å². The summed E-state index contributed by atoms with van der Waals surface area (Å²) in [6.45, 7) is 4.65. The van der Waals surface area contributed by atoms with Crippen molar-refractivity contribution in [2.75, 3.05) is 5.32 Å². The smallest absolute Gasteiger partial charge is 0.479 e. The summed E-state index contributed by atoms with van der Waals surface area (Å²) in [5.41, 5.74) is 0.691. The van der Waals surface area contributed by atoms with E-state index in [1.54, 1.807) is 62.0 Å². The molecule has 0 radical (unpaired) electrons. The van der Waals surface area contributed by atoms with Gasteiger partial charge in [-0.1, -0.05) is 54.1 Å². The molecule has 3 aromatic carbocycles. The van der Waals surface area contributed by atoms with Crippen molar-refractivity contribution in [2.24, 2.45) is 7.05 Å². The van der Waals surface area contributed by atoms with Crippen LogP contribution in [0.15, 0.2) is 72.8 Å². The fourth-order valence-corrected chi connectivity index (χ4v) is 4.73. The molecule has 1 heterocycles. The van der Waals surface area contributed by atoms with Gasteiger partial charge in [-0.2, -0.15) is 5.10 Å². The molecule has 0 bridgehead atoms. The molecule has 0 spiro atoms. The number of hydrogen-bond donors (Lipinski definition) is 3. The number of anilines is 1. The van der Waals surface area contributed by atoms with Gasteiger partial charge in [-0.25, -0.2) is 9.59 Å². The first-order chi connectivity index (χ1) is 21.1. The van der Waals surface area contributed by atoms with Gasteiger partial charge in [0.1, 0.15) is 17.5 Å². The number of nitrogens with one attached hydrogen (secondary N) is 2. The topological polar surface area (TPSA) is 132 Å². The van der Waals surface area contributed by atoms with Gasteiger partial charge < -0.3 is 19.9 Å². The van der Waals surface area contributed by atoms with E-state index < -0.39 is 41.7 Å². The van der Waals surface area contributed by atoms with Crippen molar-refractivity contribution in [2.45, 2.75) is 38.8 Å². The van der Waals surface area contributed by atoms with E-state index in [1.807, 2.05) is 0 Å². The van der Waals surface area contributed by atoms with Crippen LogP contribution in [-0.2, 0) is 22.1 Å². The highest BCUT2D eigenvalue weighted by molar-refractivity contribution is 6.31. The van der Waals surface area contributed by atoms with Crippen LogP contribution in [0.4, 0.5) is 23.7 Å². The third-order valence-electron chi connectivity index (χ3n) is 7.07. The van der Waals surface area contributed by atoms with Gasteiger partial charge in [-0.3, -0.25) is 14.8 Å². The van der Waals surface area contributed by atoms with Crippen molar-refractivity contribution in [1.29, 1.82) is 0 Å². The molecule has 45 heavy (non-hydrogen) atoms. The van der Waals surface area contributed by atoms with E-state index in [2.05, 4.69) is 20.5 Å². The second-order valence-corrected chi connectivity index (χ2v) is 10.6. The van der Waals surface area contributed by atoms with Crippen LogP contribution in [0.5, 0.6) is 5.75 Å². The average Bonchev–Trinajstić information content (AvgIpc) is 3.25. The highest BCUT2D eigenvalue weighted by Crippen LogP contribution is 2.32. The number of aryl methyl sites for hydroxylation is 1. The van der Waals surface area contributed by atoms with E-state index in [0.717, 1.165) is 24.3 Å². The minimum absolute atomic E-state index is 0.0184. The van der Waals surface area contributed by atoms with Gasteiger partial charge in [0.2, 0.25) is 0 Å². The van der Waals surface area contributed by atoms with E-state index in [4.69, 9.17) is 16.3 Å². The van der Waals surface area contributed by atoms with Crippen LogP contribution in [0, 0.1) is 6.92 Å². The number of hydrogen-bond acceptors (Lipinski definition) is 6. The molecule has 2 amide bonds. The second kappa shape index (κ2) is 12.9. The van der Waals surface area contributed by atoms with Crippen LogP contribution in [0.3, 0.4) is 0 Å². The highest BCUT2D eigenvalue weighted by Gasteiger charge is 2.38. The molecule has 0 aliphatic rings. The van der Waals surface area contributed by atoms with E-state index >= 15 is 0 Å². The Hall–Kier alpha value is -5.04. The Morgan fingerprint density at radius 1 is 1.00 bits per heavy atom. The van der Waals surface area contributed by atoms with E-state index in [1.165, 1.54) is 19.1 Å². The number of aliphatic carboxylic acids is 1. The van der Waals surface area contributed by atoms with Crippen molar-refractivity contribution in [1.82, 2.24) is 15.1 Å². The molecule has 0 aliphatic heterocycles. The number of carboxylic acid groups (broad SMARTS) is 1. The molecule has 2 unspecified atom stereocenters. The summed E-state index contributed by atoms with van der Waals surface area (Å²) in [4.78, 5) is 38.1. The summed E-state index contributed by atoms with van der Waals surface area (Å²) >= 11 is 6.22. The van der Waals surface area contributed by atoms with Gasteiger partial charge in [-0.15, -0.1) is 13.2 Å². The maximum Gasteiger partial charge on any atom is 0.573 e. The van der Waals surface area contributed by atoms with E-state index in [-0.39, 0.29) is 11.1 Å². The highest BCUT2D eigenvalue weighted by atomic mass is 35.5. The fourth-order valence-electron chi connectivity index (χ4n) is 4.44. The first kappa shape index (κ1) is 32.9. The predicted molar refractivity (Wildman–Crippen MR) is 159 cm³/mol. The zero-order valence-corrected chi connectivity index (χ0v) is 25.2. The van der Waals surface area contributed by atoms with Crippen LogP contribution in [0.1, 0.15) is 47.1 Å². The van der Waals surface area contributed by atoms with Crippen molar-refractivity contribution < 1.29 is 42.1 Å². The van der Waals surface area contributed by atoms with Crippen molar-refractivity contribution in [3.8, 4) is 17.0 Å². The molecule has 3 N–H and O–H groups in total. The quantitative estimate of drug-likeness (QED) is 0.179. The van der Waals surface area contributed by atoms with Gasteiger partial charge in [0, 0.05) is 28.8 Å². The Bertz CT molecular complexity index is 1720. The molecular formula is C31H28ClF3N4O6. The first-order valence-corrected chi connectivity index (χ1v) is 13.7. The second-order valence-electron chi connectivity index (χ2n) is 10.2. The largest absolute Gasteiger partial charge is 0.573 e. The van der Waals surface area contributed by atoms with Gasteiger partial charge in [-0.05, 0) is 56.7 Å². The van der Waals surface area contributed by atoms with Gasteiger partial charge in [0.05, 0.1) is 11.4 Å². The Balaban J connectivity index is 1.51. The molecule has 0 aliphatic carbocycles. The van der Waals surface area contributed by atoms with Crippen LogP contribution in [0.2, 0.25) is 5.02 Å². The number of halogens is 4. The molecule has 0 fully saturated rings. The van der Waals surface area contributed by atoms with Crippen molar-refractivity contribution in [3.63, 3.8) is 0 Å². The number of alkyl halides is 3.